The molecule has 0 fully saturated rings. The predicted octanol–water partition coefficient (Wildman–Crippen LogP) is 32.7. The average Bonchev–Trinajstić information content (AvgIpc) is 1.57. The zero-order valence-corrected chi connectivity index (χ0v) is 69.5. The van der Waals surface area contributed by atoms with Crippen LogP contribution in [0.3, 0.4) is 0 Å². The highest BCUT2D eigenvalue weighted by molar-refractivity contribution is 6.10. The minimum Gasteiger partial charge on any atom is -0.340 e. The molecule has 2 aliphatic carbocycles. The number of aryl methyl sites for hydroxylation is 1. The average molecular weight is 1450 g/mol. The molecule has 0 radical (unpaired) electrons. The number of anilines is 2. The lowest BCUT2D eigenvalue weighted by atomic mass is 9.70. The van der Waals surface area contributed by atoms with Gasteiger partial charge in [0, 0.05) is 64.4 Å². The Morgan fingerprint density at radius 3 is 0.757 bits per heavy atom. The maximum atomic E-state index is 12.8. The highest BCUT2D eigenvalue weighted by Crippen LogP contribution is 2.58. The van der Waals surface area contributed by atoms with Crippen molar-refractivity contribution in [3.05, 3.63) is 131 Å². The fourth-order valence-corrected chi connectivity index (χ4v) is 19.3. The number of fused-ring (bicyclic) bond motifs is 9. The van der Waals surface area contributed by atoms with Gasteiger partial charge in [-0.3, -0.25) is 9.59 Å². The first kappa shape index (κ1) is 85.1. The van der Waals surface area contributed by atoms with Gasteiger partial charge in [0.15, 0.2) is 0 Å². The molecule has 0 spiro atoms. The van der Waals surface area contributed by atoms with E-state index in [1.54, 1.807) is 13.8 Å². The molecule has 1 heterocycles. The lowest BCUT2D eigenvalue weighted by molar-refractivity contribution is -0.115. The van der Waals surface area contributed by atoms with Gasteiger partial charge in [0.25, 0.3) is 0 Å². The van der Waals surface area contributed by atoms with Gasteiger partial charge < -0.3 is 15.2 Å². The number of amides is 2. The number of unbranched alkanes of at least 4 members (excludes halogenated alkanes) is 45. The number of benzene rings is 6. The van der Waals surface area contributed by atoms with Crippen LogP contribution in [0.4, 0.5) is 11.4 Å². The van der Waals surface area contributed by atoms with E-state index in [4.69, 9.17) is 0 Å². The van der Waals surface area contributed by atoms with Crippen LogP contribution in [0.5, 0.6) is 0 Å². The second-order valence-electron chi connectivity index (χ2n) is 34.1. The standard InChI is InChI=1S/C102H151N3O2/c1-8-13-18-23-28-33-38-43-48-53-70-101(71-54-49-44-39-34-29-24-19-14-9-2)95-75-83(58-64-89(95)91-68-62-87(79-97(91)101)103-81(6)106)85-60-66-93-94-67-61-86(78-100(94)105(99(93)77-85)74-57-52-47-42-37-32-27-22-17-12-5)84-59-65-90-92-69-63-88(104-82(7)107)80-98(92)102(96(90)76-84,72-55-50-45-40-35-30-25-20-15-10-3)73-56-51-46-41-36-31-26-21-16-11-4/h58-69,75-80H,8-57,70-74H2,1-7H3,(H,103,106)(H,104,107). The van der Waals surface area contributed by atoms with Crippen LogP contribution in [0.15, 0.2) is 109 Å². The van der Waals surface area contributed by atoms with Crippen LogP contribution >= 0.6 is 0 Å². The van der Waals surface area contributed by atoms with Crippen LogP contribution in [0, 0.1) is 0 Å². The van der Waals surface area contributed by atoms with Gasteiger partial charge >= 0.3 is 0 Å². The Labute approximate surface area is 654 Å². The summed E-state index contributed by atoms with van der Waals surface area (Å²) in [6.45, 7) is 15.9. The fourth-order valence-electron chi connectivity index (χ4n) is 19.3. The largest absolute Gasteiger partial charge is 0.340 e. The zero-order valence-electron chi connectivity index (χ0n) is 69.5. The maximum Gasteiger partial charge on any atom is 0.221 e. The molecule has 5 nitrogen and oxygen atoms in total. The molecule has 9 rings (SSSR count). The summed E-state index contributed by atoms with van der Waals surface area (Å²) in [5.74, 6) is -0.00804. The van der Waals surface area contributed by atoms with Crippen LogP contribution in [-0.2, 0) is 27.0 Å². The Bertz CT molecular complexity index is 3450. The summed E-state index contributed by atoms with van der Waals surface area (Å²) < 4.78 is 2.74. The van der Waals surface area contributed by atoms with Crippen molar-refractivity contribution in [2.75, 3.05) is 10.6 Å². The molecule has 0 saturated carbocycles. The van der Waals surface area contributed by atoms with Crippen molar-refractivity contribution >= 4 is 45.0 Å². The number of aromatic nitrogens is 1. The molecule has 2 amide bonds. The Kier molecular flexibility index (Phi) is 37.6. The van der Waals surface area contributed by atoms with Crippen molar-refractivity contribution in [3.63, 3.8) is 0 Å². The smallest absolute Gasteiger partial charge is 0.221 e. The normalized spacial score (nSPS) is 13.2. The van der Waals surface area contributed by atoms with Gasteiger partial charge in [0.05, 0.1) is 0 Å². The Hall–Kier alpha value is -5.94. The van der Waals surface area contributed by atoms with E-state index in [-0.39, 0.29) is 22.6 Å². The first-order valence-corrected chi connectivity index (χ1v) is 45.8. The van der Waals surface area contributed by atoms with Crippen LogP contribution in [0.1, 0.15) is 417 Å². The Balaban J connectivity index is 1.07. The summed E-state index contributed by atoms with van der Waals surface area (Å²) in [7, 11) is 0. The topological polar surface area (TPSA) is 63.1 Å². The fraction of sp³-hybridized carbons (Fsp3) is 0.627. The maximum absolute atomic E-state index is 12.8. The van der Waals surface area contributed by atoms with Gasteiger partial charge in [-0.1, -0.05) is 410 Å². The summed E-state index contributed by atoms with van der Waals surface area (Å²) >= 11 is 0. The van der Waals surface area contributed by atoms with E-state index in [0.29, 0.717) is 0 Å². The van der Waals surface area contributed by atoms with E-state index >= 15 is 0 Å². The van der Waals surface area contributed by atoms with Gasteiger partial charge in [-0.05, 0) is 147 Å². The monoisotopic (exact) mass is 1450 g/mol. The minimum atomic E-state index is -0.129. The summed E-state index contributed by atoms with van der Waals surface area (Å²) in [6.07, 6.45) is 71.1. The van der Waals surface area contributed by atoms with Crippen molar-refractivity contribution in [1.82, 2.24) is 4.57 Å². The van der Waals surface area contributed by atoms with Gasteiger partial charge in [0.1, 0.15) is 0 Å². The molecule has 0 bridgehead atoms. The van der Waals surface area contributed by atoms with E-state index in [1.807, 2.05) is 0 Å². The molecule has 2 aliphatic rings. The molecule has 586 valence electrons. The molecule has 0 atom stereocenters. The first-order valence-electron chi connectivity index (χ1n) is 45.8. The summed E-state index contributed by atoms with van der Waals surface area (Å²) in [5, 5.41) is 9.18. The Morgan fingerprint density at radius 1 is 0.262 bits per heavy atom. The van der Waals surface area contributed by atoms with Gasteiger partial charge in [-0.2, -0.15) is 0 Å². The number of hydrogen-bond acceptors (Lipinski definition) is 2. The first-order chi connectivity index (χ1) is 52.6. The predicted molar refractivity (Wildman–Crippen MR) is 469 cm³/mol. The molecular weight excluding hydrogens is 1300 g/mol. The lowest BCUT2D eigenvalue weighted by Crippen LogP contribution is -2.26. The van der Waals surface area contributed by atoms with Gasteiger partial charge in [-0.25, -0.2) is 0 Å². The van der Waals surface area contributed by atoms with Gasteiger partial charge in [0.2, 0.25) is 11.8 Å². The molecule has 1 aromatic heterocycles. The third-order valence-electron chi connectivity index (χ3n) is 25.5. The molecule has 0 unspecified atom stereocenters. The van der Waals surface area contributed by atoms with E-state index in [2.05, 4.69) is 159 Å². The van der Waals surface area contributed by atoms with Crippen LogP contribution in [0.2, 0.25) is 0 Å². The second-order valence-corrected chi connectivity index (χ2v) is 34.1. The molecule has 0 saturated heterocycles. The van der Waals surface area contributed by atoms with Crippen molar-refractivity contribution in [2.24, 2.45) is 0 Å². The SMILES string of the molecule is CCCCCCCCCCCCn1c2cc(-c3ccc4c(c3)C(CCCCCCCCCCCC)(CCCCCCCCCCCC)c3cc(NC(C)=O)ccc3-4)ccc2c2ccc(-c3ccc4c(c3)C(CCCCCCCCCCCC)(CCCCCCCCCCCC)c3cc(NC(C)=O)ccc3-4)cc21. The molecule has 7 aromatic rings. The second kappa shape index (κ2) is 47.3. The number of nitrogens with one attached hydrogen (secondary N) is 2. The quantitative estimate of drug-likeness (QED) is 0.0373. The molecule has 6 aromatic carbocycles. The van der Waals surface area contributed by atoms with E-state index in [9.17, 15) is 9.59 Å². The third kappa shape index (κ3) is 25.0. The summed E-state index contributed by atoms with van der Waals surface area (Å²) in [6, 6.07) is 43.9. The summed E-state index contributed by atoms with van der Waals surface area (Å²) in [5.41, 5.74) is 20.9. The molecule has 5 heteroatoms. The third-order valence-corrected chi connectivity index (χ3v) is 25.5. The van der Waals surface area contributed by atoms with Crippen LogP contribution in [-0.4, -0.2) is 16.4 Å². The number of hydrogen-bond donors (Lipinski definition) is 2. The minimum absolute atomic E-state index is 0.00402. The molecule has 2 N–H and O–H groups in total. The van der Waals surface area contributed by atoms with Crippen LogP contribution in [0.25, 0.3) is 66.3 Å². The van der Waals surface area contributed by atoms with Crippen LogP contribution < -0.4 is 10.6 Å². The molecule has 0 aliphatic heterocycles. The highest BCUT2D eigenvalue weighted by atomic mass is 16.2. The van der Waals surface area contributed by atoms with E-state index in [1.165, 1.54) is 410 Å². The molecule has 107 heavy (non-hydrogen) atoms. The van der Waals surface area contributed by atoms with E-state index in [0.717, 1.165) is 43.6 Å². The van der Waals surface area contributed by atoms with Crippen molar-refractivity contribution in [1.29, 1.82) is 0 Å². The molecular formula is C102H151N3O2. The number of carbonyl (C=O) groups excluding carboxylic acids is 2. The van der Waals surface area contributed by atoms with Crippen molar-refractivity contribution in [3.8, 4) is 44.5 Å². The van der Waals surface area contributed by atoms with Gasteiger partial charge in [-0.15, -0.1) is 0 Å². The number of carbonyl (C=O) groups is 2. The zero-order chi connectivity index (χ0) is 75.2. The van der Waals surface area contributed by atoms with E-state index < -0.39 is 0 Å². The Morgan fingerprint density at radius 2 is 0.486 bits per heavy atom. The van der Waals surface area contributed by atoms with Crippen molar-refractivity contribution in [2.45, 2.75) is 413 Å². The highest BCUT2D eigenvalue weighted by Gasteiger charge is 2.44. The summed E-state index contributed by atoms with van der Waals surface area (Å²) in [4.78, 5) is 25.6. The lowest BCUT2D eigenvalue weighted by Gasteiger charge is -2.33. The van der Waals surface area contributed by atoms with Crippen molar-refractivity contribution < 1.29 is 9.59 Å². The number of rotatable bonds is 59. The number of nitrogens with zero attached hydrogens (tertiary/aromatic N) is 1.